The van der Waals surface area contributed by atoms with Gasteiger partial charge in [0.05, 0.1) is 24.4 Å². The molecule has 1 heterocycles. The van der Waals surface area contributed by atoms with Crippen LogP contribution in [0.4, 0.5) is 0 Å². The van der Waals surface area contributed by atoms with E-state index in [-0.39, 0.29) is 22.9 Å². The van der Waals surface area contributed by atoms with E-state index in [1.807, 2.05) is 0 Å². The van der Waals surface area contributed by atoms with Gasteiger partial charge in [0.25, 0.3) is 0 Å². The summed E-state index contributed by atoms with van der Waals surface area (Å²) in [6.45, 7) is 18.9. The van der Waals surface area contributed by atoms with Crippen LogP contribution in [0.3, 0.4) is 0 Å². The molecule has 8 heteroatoms. The standard InChI is InChI=1S/C36H58O8/c1-19(2)20(3)9-10-21(4)36(44-32-31(42)30(41)29(40)25(18-37)43-32)16-13-23-22-11-12-26-33(5,6)27(38)14-15-34(26,7)24(22)17-28(39)35(23,36)8/h13,19,21,25-32,37-42H,3,9-12,14-18H2,1-2,4-8H3/t21-,25-,26+,27+,28-,29-,30-,31+,32+,34-,35-,36+/m1/s1. The van der Waals surface area contributed by atoms with Crippen LogP contribution in [0, 0.1) is 34.0 Å². The minimum absolute atomic E-state index is 0.100. The molecule has 1 saturated carbocycles. The molecule has 0 unspecified atom stereocenters. The van der Waals surface area contributed by atoms with Crippen LogP contribution in [0.25, 0.3) is 0 Å². The molecule has 0 amide bonds. The number of fused-ring (bicyclic) bond motifs is 4. The Balaban J connectivity index is 1.56. The summed E-state index contributed by atoms with van der Waals surface area (Å²) in [5.74, 6) is 0.545. The van der Waals surface area contributed by atoms with Crippen molar-refractivity contribution in [1.82, 2.24) is 0 Å². The molecule has 0 aromatic heterocycles. The first kappa shape index (κ1) is 34.2. The van der Waals surface area contributed by atoms with Gasteiger partial charge in [0.1, 0.15) is 24.4 Å². The van der Waals surface area contributed by atoms with Gasteiger partial charge in [-0.05, 0) is 91.1 Å². The van der Waals surface area contributed by atoms with Gasteiger partial charge >= 0.3 is 0 Å². The van der Waals surface area contributed by atoms with E-state index in [0.29, 0.717) is 24.7 Å². The fourth-order valence-electron chi connectivity index (χ4n) is 10.0. The molecule has 1 saturated heterocycles. The molecule has 0 spiro atoms. The molecule has 0 radical (unpaired) electrons. The monoisotopic (exact) mass is 618 g/mol. The molecule has 8 nitrogen and oxygen atoms in total. The van der Waals surface area contributed by atoms with Crippen molar-refractivity contribution < 1.29 is 40.1 Å². The van der Waals surface area contributed by atoms with Crippen LogP contribution in [-0.2, 0) is 9.47 Å². The summed E-state index contributed by atoms with van der Waals surface area (Å²) in [6.07, 6.45) is 0.146. The lowest BCUT2D eigenvalue weighted by molar-refractivity contribution is -0.347. The Morgan fingerprint density at radius 2 is 1.68 bits per heavy atom. The Bertz CT molecular complexity index is 1170. The smallest absolute Gasteiger partial charge is 0.187 e. The fraction of sp³-hybridized carbons (Fsp3) is 0.833. The van der Waals surface area contributed by atoms with E-state index in [1.165, 1.54) is 11.1 Å². The van der Waals surface area contributed by atoms with Crippen molar-refractivity contribution in [3.8, 4) is 0 Å². The van der Waals surface area contributed by atoms with Gasteiger partial charge in [-0.15, -0.1) is 0 Å². The summed E-state index contributed by atoms with van der Waals surface area (Å²) in [5.41, 5.74) is 2.69. The Labute approximate surface area is 263 Å². The molecule has 12 atom stereocenters. The Kier molecular flexibility index (Phi) is 9.22. The van der Waals surface area contributed by atoms with Crippen molar-refractivity contribution in [2.45, 2.75) is 148 Å². The van der Waals surface area contributed by atoms with E-state index in [4.69, 9.17) is 9.47 Å². The average Bonchev–Trinajstić information content (AvgIpc) is 3.28. The lowest BCUT2D eigenvalue weighted by Gasteiger charge is -2.61. The van der Waals surface area contributed by atoms with Gasteiger partial charge in [-0.1, -0.05) is 72.3 Å². The van der Waals surface area contributed by atoms with Gasteiger partial charge in [0.15, 0.2) is 6.29 Å². The maximum Gasteiger partial charge on any atom is 0.187 e. The van der Waals surface area contributed by atoms with E-state index in [2.05, 4.69) is 61.1 Å². The third-order valence-corrected chi connectivity index (χ3v) is 13.3. The summed E-state index contributed by atoms with van der Waals surface area (Å²) >= 11 is 0. The molecule has 0 bridgehead atoms. The van der Waals surface area contributed by atoms with E-state index in [1.54, 1.807) is 0 Å². The van der Waals surface area contributed by atoms with Gasteiger partial charge < -0.3 is 40.1 Å². The first-order chi connectivity index (χ1) is 20.5. The topological polar surface area (TPSA) is 140 Å². The minimum Gasteiger partial charge on any atom is -0.394 e. The largest absolute Gasteiger partial charge is 0.394 e. The Morgan fingerprint density at radius 3 is 2.32 bits per heavy atom. The molecule has 1 aliphatic heterocycles. The highest BCUT2D eigenvalue weighted by Gasteiger charge is 2.66. The van der Waals surface area contributed by atoms with Gasteiger partial charge in [0.2, 0.25) is 0 Å². The van der Waals surface area contributed by atoms with Crippen molar-refractivity contribution >= 4 is 0 Å². The third-order valence-electron chi connectivity index (χ3n) is 13.3. The van der Waals surface area contributed by atoms with Crippen molar-refractivity contribution in [2.24, 2.45) is 34.0 Å². The van der Waals surface area contributed by atoms with Crippen molar-refractivity contribution in [2.75, 3.05) is 6.61 Å². The molecule has 2 fully saturated rings. The lowest BCUT2D eigenvalue weighted by atomic mass is 9.45. The van der Waals surface area contributed by atoms with Crippen molar-refractivity contribution in [3.05, 3.63) is 34.9 Å². The molecule has 4 aliphatic carbocycles. The van der Waals surface area contributed by atoms with Gasteiger partial charge in [-0.25, -0.2) is 0 Å². The van der Waals surface area contributed by atoms with Crippen LogP contribution < -0.4 is 0 Å². The average molecular weight is 619 g/mol. The third kappa shape index (κ3) is 4.93. The molecule has 0 aromatic carbocycles. The number of aliphatic hydroxyl groups excluding tert-OH is 6. The summed E-state index contributed by atoms with van der Waals surface area (Å²) in [6, 6.07) is 0. The second kappa shape index (κ2) is 11.9. The van der Waals surface area contributed by atoms with Gasteiger partial charge in [0, 0.05) is 5.41 Å². The Hall–Kier alpha value is -1.10. The van der Waals surface area contributed by atoms with Crippen LogP contribution in [0.1, 0.15) is 99.8 Å². The van der Waals surface area contributed by atoms with E-state index in [9.17, 15) is 30.6 Å². The quantitative estimate of drug-likeness (QED) is 0.223. The molecular formula is C36H58O8. The maximum absolute atomic E-state index is 12.3. The maximum atomic E-state index is 12.3. The lowest BCUT2D eigenvalue weighted by Crippen LogP contribution is -2.65. The summed E-state index contributed by atoms with van der Waals surface area (Å²) in [7, 11) is 0. The summed E-state index contributed by atoms with van der Waals surface area (Å²) in [4.78, 5) is 0. The number of hydrogen-bond donors (Lipinski definition) is 6. The Morgan fingerprint density at radius 1 is 1.00 bits per heavy atom. The van der Waals surface area contributed by atoms with E-state index in [0.717, 1.165) is 49.7 Å². The predicted octanol–water partition coefficient (Wildman–Crippen LogP) is 4.17. The molecule has 0 aromatic rings. The van der Waals surface area contributed by atoms with Crippen LogP contribution in [-0.4, -0.2) is 85.8 Å². The van der Waals surface area contributed by atoms with Crippen molar-refractivity contribution in [1.29, 1.82) is 0 Å². The number of allylic oxidation sites excluding steroid dienone is 2. The molecule has 5 aliphatic rings. The number of aliphatic hydroxyl groups is 6. The summed E-state index contributed by atoms with van der Waals surface area (Å²) in [5, 5.41) is 65.3. The summed E-state index contributed by atoms with van der Waals surface area (Å²) < 4.78 is 12.8. The van der Waals surface area contributed by atoms with Crippen LogP contribution in [0.2, 0.25) is 0 Å². The first-order valence-electron chi connectivity index (χ1n) is 16.9. The van der Waals surface area contributed by atoms with E-state index >= 15 is 0 Å². The first-order valence-corrected chi connectivity index (χ1v) is 16.9. The molecule has 44 heavy (non-hydrogen) atoms. The second-order valence-electron chi connectivity index (χ2n) is 16.0. The highest BCUT2D eigenvalue weighted by molar-refractivity contribution is 5.53. The molecule has 6 N–H and O–H groups in total. The molecule has 5 rings (SSSR count). The molecule has 250 valence electrons. The SMILES string of the molecule is C=C(CC[C@@H](C)[C@@]1(O[C@@H]2O[C@H](CO)[C@@H](O)[C@@H](O)[C@@H]2O)CC=C2C3=C(C[C@@H](O)[C@@]21C)[C@@]1(C)CC[C@H](O)C(C)(C)[C@@H]1CC3)C(C)C. The highest BCUT2D eigenvalue weighted by atomic mass is 16.7. The van der Waals surface area contributed by atoms with Crippen LogP contribution >= 0.6 is 0 Å². The fourth-order valence-corrected chi connectivity index (χ4v) is 10.0. The molecular weight excluding hydrogens is 560 g/mol. The van der Waals surface area contributed by atoms with Crippen LogP contribution in [0.5, 0.6) is 0 Å². The second-order valence-corrected chi connectivity index (χ2v) is 16.0. The zero-order valence-corrected chi connectivity index (χ0v) is 27.9. The predicted molar refractivity (Wildman–Crippen MR) is 168 cm³/mol. The normalized spacial score (nSPS) is 45.8. The zero-order chi connectivity index (χ0) is 32.6. The minimum atomic E-state index is -1.55. The van der Waals surface area contributed by atoms with Crippen LogP contribution in [0.15, 0.2) is 34.9 Å². The van der Waals surface area contributed by atoms with Crippen molar-refractivity contribution in [3.63, 3.8) is 0 Å². The number of ether oxygens (including phenoxy) is 2. The van der Waals surface area contributed by atoms with Gasteiger partial charge in [-0.2, -0.15) is 0 Å². The van der Waals surface area contributed by atoms with Gasteiger partial charge in [-0.3, -0.25) is 0 Å². The van der Waals surface area contributed by atoms with E-state index < -0.39 is 54.4 Å². The number of hydrogen-bond acceptors (Lipinski definition) is 8. The zero-order valence-electron chi connectivity index (χ0n) is 27.9. The highest BCUT2D eigenvalue weighted by Crippen LogP contribution is 2.68. The number of rotatable bonds is 8.